The average Bonchev–Trinajstić information content (AvgIpc) is 3.18. The second kappa shape index (κ2) is 5.46. The lowest BCUT2D eigenvalue weighted by atomic mass is 10.1. The molecule has 0 aromatic heterocycles. The molecule has 0 bridgehead atoms. The van der Waals surface area contributed by atoms with E-state index < -0.39 is 0 Å². The molecular formula is C13H15N3O. The lowest BCUT2D eigenvalue weighted by Gasteiger charge is -2.06. The summed E-state index contributed by atoms with van der Waals surface area (Å²) < 4.78 is 0. The van der Waals surface area contributed by atoms with Crippen LogP contribution in [0.1, 0.15) is 24.0 Å². The zero-order chi connectivity index (χ0) is 12.1. The molecule has 1 aromatic rings. The molecule has 1 aliphatic carbocycles. The molecule has 1 amide bonds. The second-order valence-electron chi connectivity index (χ2n) is 4.24. The van der Waals surface area contributed by atoms with Crippen molar-refractivity contribution < 1.29 is 4.79 Å². The summed E-state index contributed by atoms with van der Waals surface area (Å²) in [6.07, 6.45) is 2.37. The minimum atomic E-state index is 0.0151. The van der Waals surface area contributed by atoms with Crippen LogP contribution in [0.25, 0.3) is 0 Å². The Kier molecular flexibility index (Phi) is 3.73. The van der Waals surface area contributed by atoms with Crippen LogP contribution in [0, 0.1) is 11.3 Å². The molecule has 1 fully saturated rings. The maximum atomic E-state index is 11.4. The third-order valence-corrected chi connectivity index (χ3v) is 2.70. The van der Waals surface area contributed by atoms with E-state index >= 15 is 0 Å². The SMILES string of the molecule is N#Cc1ccc(CNC(=O)CNC2CC2)cc1. The van der Waals surface area contributed by atoms with Crippen LogP contribution in [0.2, 0.25) is 0 Å². The number of rotatable bonds is 5. The number of hydrogen-bond donors (Lipinski definition) is 2. The minimum Gasteiger partial charge on any atom is -0.351 e. The van der Waals surface area contributed by atoms with Gasteiger partial charge in [-0.2, -0.15) is 5.26 Å². The Morgan fingerprint density at radius 1 is 1.35 bits per heavy atom. The highest BCUT2D eigenvalue weighted by Crippen LogP contribution is 2.17. The fourth-order valence-corrected chi connectivity index (χ4v) is 1.48. The highest BCUT2D eigenvalue weighted by Gasteiger charge is 2.20. The summed E-state index contributed by atoms with van der Waals surface area (Å²) in [5.41, 5.74) is 1.64. The quantitative estimate of drug-likeness (QED) is 0.789. The van der Waals surface area contributed by atoms with Crippen LogP contribution < -0.4 is 10.6 Å². The van der Waals surface area contributed by atoms with Gasteiger partial charge in [0.25, 0.3) is 0 Å². The molecule has 0 saturated heterocycles. The molecule has 1 aliphatic rings. The van der Waals surface area contributed by atoms with Gasteiger partial charge in [0.05, 0.1) is 18.2 Å². The van der Waals surface area contributed by atoms with E-state index in [1.54, 1.807) is 12.1 Å². The van der Waals surface area contributed by atoms with Crippen molar-refractivity contribution in [2.45, 2.75) is 25.4 Å². The largest absolute Gasteiger partial charge is 0.351 e. The summed E-state index contributed by atoms with van der Waals surface area (Å²) in [6.45, 7) is 0.901. The highest BCUT2D eigenvalue weighted by atomic mass is 16.1. The molecule has 0 aliphatic heterocycles. The molecule has 2 rings (SSSR count). The first-order chi connectivity index (χ1) is 8.28. The topological polar surface area (TPSA) is 64.9 Å². The van der Waals surface area contributed by atoms with E-state index in [1.807, 2.05) is 12.1 Å². The first-order valence-corrected chi connectivity index (χ1v) is 5.77. The molecule has 0 spiro atoms. The number of amides is 1. The van der Waals surface area contributed by atoms with E-state index in [0.29, 0.717) is 24.7 Å². The Hall–Kier alpha value is -1.86. The predicted molar refractivity (Wildman–Crippen MR) is 64.0 cm³/mol. The van der Waals surface area contributed by atoms with E-state index in [9.17, 15) is 4.79 Å². The fourth-order valence-electron chi connectivity index (χ4n) is 1.48. The number of nitrogens with one attached hydrogen (secondary N) is 2. The molecule has 4 nitrogen and oxygen atoms in total. The maximum absolute atomic E-state index is 11.4. The first-order valence-electron chi connectivity index (χ1n) is 5.77. The van der Waals surface area contributed by atoms with Crippen molar-refractivity contribution in [2.75, 3.05) is 6.54 Å². The van der Waals surface area contributed by atoms with E-state index in [4.69, 9.17) is 5.26 Å². The Labute approximate surface area is 101 Å². The molecule has 17 heavy (non-hydrogen) atoms. The number of carbonyl (C=O) groups is 1. The Bertz CT molecular complexity index is 429. The zero-order valence-corrected chi connectivity index (χ0v) is 9.57. The molecule has 0 radical (unpaired) electrons. The van der Waals surface area contributed by atoms with Crippen molar-refractivity contribution in [1.29, 1.82) is 5.26 Å². The van der Waals surface area contributed by atoms with Gasteiger partial charge in [-0.1, -0.05) is 12.1 Å². The summed E-state index contributed by atoms with van der Waals surface area (Å²) in [7, 11) is 0. The second-order valence-corrected chi connectivity index (χ2v) is 4.24. The van der Waals surface area contributed by atoms with Gasteiger partial charge in [-0.05, 0) is 30.5 Å². The molecule has 1 aromatic carbocycles. The van der Waals surface area contributed by atoms with Crippen LogP contribution in [-0.2, 0) is 11.3 Å². The van der Waals surface area contributed by atoms with Crippen LogP contribution in [0.3, 0.4) is 0 Å². The maximum Gasteiger partial charge on any atom is 0.234 e. The summed E-state index contributed by atoms with van der Waals surface area (Å²) in [5.74, 6) is 0.0151. The Morgan fingerprint density at radius 2 is 2.06 bits per heavy atom. The molecule has 0 heterocycles. The first kappa shape index (κ1) is 11.6. The molecule has 2 N–H and O–H groups in total. The molecule has 0 unspecified atom stereocenters. The van der Waals surface area contributed by atoms with Gasteiger partial charge in [0, 0.05) is 12.6 Å². The molecule has 0 atom stereocenters. The van der Waals surface area contributed by atoms with Crippen molar-refractivity contribution in [3.63, 3.8) is 0 Å². The Morgan fingerprint density at radius 3 is 2.65 bits per heavy atom. The van der Waals surface area contributed by atoms with Crippen molar-refractivity contribution in [1.82, 2.24) is 10.6 Å². The lowest BCUT2D eigenvalue weighted by molar-refractivity contribution is -0.120. The summed E-state index contributed by atoms with van der Waals surface area (Å²) in [5, 5.41) is 14.6. The summed E-state index contributed by atoms with van der Waals surface area (Å²) in [4.78, 5) is 11.4. The van der Waals surface area contributed by atoms with Gasteiger partial charge in [0.1, 0.15) is 0 Å². The van der Waals surface area contributed by atoms with Gasteiger partial charge in [-0.3, -0.25) is 4.79 Å². The van der Waals surface area contributed by atoms with Gasteiger partial charge < -0.3 is 10.6 Å². The third-order valence-electron chi connectivity index (χ3n) is 2.70. The van der Waals surface area contributed by atoms with Gasteiger partial charge in [-0.15, -0.1) is 0 Å². The average molecular weight is 229 g/mol. The van der Waals surface area contributed by atoms with Crippen LogP contribution in [0.15, 0.2) is 24.3 Å². The number of benzene rings is 1. The van der Waals surface area contributed by atoms with Crippen molar-refractivity contribution >= 4 is 5.91 Å². The Balaban J connectivity index is 1.72. The minimum absolute atomic E-state index is 0.0151. The molecular weight excluding hydrogens is 214 g/mol. The molecule has 88 valence electrons. The van der Waals surface area contributed by atoms with Gasteiger partial charge in [-0.25, -0.2) is 0 Å². The monoisotopic (exact) mass is 229 g/mol. The number of nitriles is 1. The number of carbonyl (C=O) groups excluding carboxylic acids is 1. The van der Waals surface area contributed by atoms with Crippen LogP contribution in [0.5, 0.6) is 0 Å². The molecule has 4 heteroatoms. The lowest BCUT2D eigenvalue weighted by Crippen LogP contribution is -2.34. The summed E-state index contributed by atoms with van der Waals surface area (Å²) >= 11 is 0. The van der Waals surface area contributed by atoms with Gasteiger partial charge in [0.2, 0.25) is 5.91 Å². The zero-order valence-electron chi connectivity index (χ0n) is 9.57. The number of hydrogen-bond acceptors (Lipinski definition) is 3. The third kappa shape index (κ3) is 3.89. The standard InChI is InChI=1S/C13H15N3O/c14-7-10-1-3-11(4-2-10)8-16-13(17)9-15-12-5-6-12/h1-4,12,15H,5-6,8-9H2,(H,16,17). The normalized spacial score (nSPS) is 14.1. The number of nitrogens with zero attached hydrogens (tertiary/aromatic N) is 1. The van der Waals surface area contributed by atoms with Crippen molar-refractivity contribution in [2.24, 2.45) is 0 Å². The highest BCUT2D eigenvalue weighted by molar-refractivity contribution is 5.78. The van der Waals surface area contributed by atoms with E-state index in [2.05, 4.69) is 16.7 Å². The van der Waals surface area contributed by atoms with Crippen LogP contribution in [-0.4, -0.2) is 18.5 Å². The van der Waals surface area contributed by atoms with E-state index in [0.717, 1.165) is 5.56 Å². The van der Waals surface area contributed by atoms with E-state index in [-0.39, 0.29) is 5.91 Å². The van der Waals surface area contributed by atoms with Crippen molar-refractivity contribution in [3.8, 4) is 6.07 Å². The van der Waals surface area contributed by atoms with Crippen molar-refractivity contribution in [3.05, 3.63) is 35.4 Å². The molecule has 1 saturated carbocycles. The van der Waals surface area contributed by atoms with E-state index in [1.165, 1.54) is 12.8 Å². The van der Waals surface area contributed by atoms with Gasteiger partial charge >= 0.3 is 0 Å². The van der Waals surface area contributed by atoms with Gasteiger partial charge in [0.15, 0.2) is 0 Å². The summed E-state index contributed by atoms with van der Waals surface area (Å²) in [6, 6.07) is 9.83. The van der Waals surface area contributed by atoms with Crippen LogP contribution >= 0.6 is 0 Å². The fraction of sp³-hybridized carbons (Fsp3) is 0.385. The predicted octanol–water partition coefficient (Wildman–Crippen LogP) is 0.926. The smallest absolute Gasteiger partial charge is 0.234 e. The van der Waals surface area contributed by atoms with Crippen LogP contribution in [0.4, 0.5) is 0 Å².